The third-order valence-electron chi connectivity index (χ3n) is 4.09. The van der Waals surface area contributed by atoms with Crippen LogP contribution in [-0.4, -0.2) is 26.1 Å². The second kappa shape index (κ2) is 5.92. The Hall–Kier alpha value is -1.82. The van der Waals surface area contributed by atoms with Gasteiger partial charge in [-0.05, 0) is 66.4 Å². The Kier molecular flexibility index (Phi) is 4.20. The van der Waals surface area contributed by atoms with Gasteiger partial charge in [0.15, 0.2) is 0 Å². The summed E-state index contributed by atoms with van der Waals surface area (Å²) in [5, 5.41) is 0. The maximum Gasteiger partial charge on any atom is 0.410 e. The van der Waals surface area contributed by atoms with Crippen molar-refractivity contribution in [2.45, 2.75) is 46.4 Å². The first-order valence-electron chi connectivity index (χ1n) is 7.93. The summed E-state index contributed by atoms with van der Waals surface area (Å²) >= 11 is 3.49. The van der Waals surface area contributed by atoms with Crippen LogP contribution in [-0.2, 0) is 24.9 Å². The number of rotatable bonds is 1. The number of carbonyl (C=O) groups is 1. The topological polar surface area (TPSA) is 47.4 Å². The van der Waals surface area contributed by atoms with Crippen molar-refractivity contribution in [3.63, 3.8) is 0 Å². The van der Waals surface area contributed by atoms with Gasteiger partial charge in [-0.1, -0.05) is 6.07 Å². The summed E-state index contributed by atoms with van der Waals surface area (Å²) in [5.41, 5.74) is 4.09. The van der Waals surface area contributed by atoms with Crippen LogP contribution in [0.1, 0.15) is 37.5 Å². The zero-order valence-corrected chi connectivity index (χ0v) is 16.3. The highest BCUT2D eigenvalue weighted by atomic mass is 79.9. The summed E-state index contributed by atoms with van der Waals surface area (Å²) in [5.74, 6) is 0.915. The molecule has 0 saturated carbocycles. The van der Waals surface area contributed by atoms with Gasteiger partial charge in [0.05, 0.1) is 6.20 Å². The van der Waals surface area contributed by atoms with Crippen LogP contribution in [0.4, 0.5) is 4.79 Å². The maximum absolute atomic E-state index is 12.3. The van der Waals surface area contributed by atoms with Gasteiger partial charge < -0.3 is 9.30 Å². The van der Waals surface area contributed by atoms with Gasteiger partial charge in [0.25, 0.3) is 0 Å². The number of amides is 1. The van der Waals surface area contributed by atoms with Crippen molar-refractivity contribution in [2.24, 2.45) is 7.05 Å². The van der Waals surface area contributed by atoms with E-state index in [4.69, 9.17) is 4.74 Å². The first kappa shape index (κ1) is 17.0. The Labute approximate surface area is 150 Å². The summed E-state index contributed by atoms with van der Waals surface area (Å²) in [6, 6.07) is 4.29. The molecule has 0 saturated heterocycles. The molecule has 1 aromatic carbocycles. The molecule has 2 heterocycles. The minimum absolute atomic E-state index is 0.266. The van der Waals surface area contributed by atoms with Crippen molar-refractivity contribution in [3.05, 3.63) is 39.6 Å². The predicted molar refractivity (Wildman–Crippen MR) is 96.6 cm³/mol. The molecule has 0 fully saturated rings. The minimum Gasteiger partial charge on any atom is -0.444 e. The number of carbonyl (C=O) groups excluding carboxylic acids is 1. The Bertz CT molecular complexity index is 805. The number of hydrogen-bond acceptors (Lipinski definition) is 3. The number of imidazole rings is 1. The lowest BCUT2D eigenvalue weighted by Gasteiger charge is -2.24. The fraction of sp³-hybridized carbons (Fsp3) is 0.444. The van der Waals surface area contributed by atoms with Crippen molar-refractivity contribution >= 4 is 22.0 Å². The van der Waals surface area contributed by atoms with Crippen LogP contribution < -0.4 is 0 Å². The zero-order chi connectivity index (χ0) is 17.6. The molecule has 1 aliphatic heterocycles. The van der Waals surface area contributed by atoms with Crippen LogP contribution >= 0.6 is 15.9 Å². The number of benzene rings is 1. The van der Waals surface area contributed by atoms with E-state index in [1.165, 1.54) is 5.56 Å². The first-order valence-corrected chi connectivity index (χ1v) is 8.73. The van der Waals surface area contributed by atoms with Gasteiger partial charge in [0, 0.05) is 25.7 Å². The molecular weight excluding hydrogens is 370 g/mol. The molecule has 6 heteroatoms. The summed E-state index contributed by atoms with van der Waals surface area (Å²) in [6.45, 7) is 8.90. The van der Waals surface area contributed by atoms with Crippen molar-refractivity contribution in [1.29, 1.82) is 0 Å². The summed E-state index contributed by atoms with van der Waals surface area (Å²) in [7, 11) is 1.98. The first-order chi connectivity index (χ1) is 11.2. The normalized spacial score (nSPS) is 14.0. The standard InChI is InChI=1S/C18H22BrN3O2/c1-11-6-12-9-22(17(23)24-18(2,3)4)10-13(12)7-14(11)16-20-8-15(19)21(16)5/h6-8H,9-10H2,1-5H3. The van der Waals surface area contributed by atoms with Gasteiger partial charge in [0.2, 0.25) is 0 Å². The van der Waals surface area contributed by atoms with Gasteiger partial charge in [0.1, 0.15) is 16.0 Å². The van der Waals surface area contributed by atoms with Crippen LogP contribution in [0.15, 0.2) is 22.9 Å². The lowest BCUT2D eigenvalue weighted by atomic mass is 10.0. The molecule has 0 bridgehead atoms. The fourth-order valence-corrected chi connectivity index (χ4v) is 3.18. The third kappa shape index (κ3) is 3.20. The smallest absolute Gasteiger partial charge is 0.410 e. The molecule has 128 valence electrons. The minimum atomic E-state index is -0.480. The molecule has 1 amide bonds. The van der Waals surface area contributed by atoms with E-state index >= 15 is 0 Å². The number of nitrogens with zero attached hydrogens (tertiary/aromatic N) is 3. The molecule has 5 nitrogen and oxygen atoms in total. The van der Waals surface area contributed by atoms with Crippen LogP contribution in [0.25, 0.3) is 11.4 Å². The van der Waals surface area contributed by atoms with Crippen molar-refractivity contribution in [1.82, 2.24) is 14.5 Å². The highest BCUT2D eigenvalue weighted by Crippen LogP contribution is 2.32. The summed E-state index contributed by atoms with van der Waals surface area (Å²) in [6.07, 6.45) is 1.53. The largest absolute Gasteiger partial charge is 0.444 e. The number of halogens is 1. The van der Waals surface area contributed by atoms with E-state index in [0.29, 0.717) is 13.1 Å². The van der Waals surface area contributed by atoms with E-state index in [0.717, 1.165) is 27.1 Å². The van der Waals surface area contributed by atoms with E-state index in [1.54, 1.807) is 11.1 Å². The average molecular weight is 392 g/mol. The van der Waals surface area contributed by atoms with Crippen molar-refractivity contribution in [3.8, 4) is 11.4 Å². The fourth-order valence-electron chi connectivity index (χ4n) is 2.91. The van der Waals surface area contributed by atoms with Crippen LogP contribution in [0, 0.1) is 6.92 Å². The van der Waals surface area contributed by atoms with E-state index in [1.807, 2.05) is 32.4 Å². The number of fused-ring (bicyclic) bond motifs is 1. The van der Waals surface area contributed by atoms with Crippen LogP contribution in [0.3, 0.4) is 0 Å². The van der Waals surface area contributed by atoms with Gasteiger partial charge in [-0.2, -0.15) is 0 Å². The second-order valence-electron chi connectivity index (χ2n) is 7.24. The molecule has 0 unspecified atom stereocenters. The maximum atomic E-state index is 12.3. The molecular formula is C18H22BrN3O2. The van der Waals surface area contributed by atoms with E-state index in [2.05, 4.69) is 40.0 Å². The van der Waals surface area contributed by atoms with Crippen LogP contribution in [0.5, 0.6) is 0 Å². The summed E-state index contributed by atoms with van der Waals surface area (Å²) in [4.78, 5) is 18.5. The predicted octanol–water partition coefficient (Wildman–Crippen LogP) is 4.41. The van der Waals surface area contributed by atoms with Crippen molar-refractivity contribution < 1.29 is 9.53 Å². The molecule has 0 N–H and O–H groups in total. The quantitative estimate of drug-likeness (QED) is 0.723. The molecule has 1 aliphatic rings. The van der Waals surface area contributed by atoms with Gasteiger partial charge in [-0.25, -0.2) is 9.78 Å². The molecule has 0 radical (unpaired) electrons. The SMILES string of the molecule is Cc1cc2c(cc1-c1ncc(Br)n1C)CN(C(=O)OC(C)(C)C)C2. The number of aromatic nitrogens is 2. The Morgan fingerprint density at radius 2 is 1.88 bits per heavy atom. The lowest BCUT2D eigenvalue weighted by Crippen LogP contribution is -2.33. The van der Waals surface area contributed by atoms with E-state index in [9.17, 15) is 4.79 Å². The molecule has 0 spiro atoms. The number of ether oxygens (including phenoxy) is 1. The van der Waals surface area contributed by atoms with Crippen molar-refractivity contribution in [2.75, 3.05) is 0 Å². The van der Waals surface area contributed by atoms with Gasteiger partial charge >= 0.3 is 6.09 Å². The van der Waals surface area contributed by atoms with Crippen LogP contribution in [0.2, 0.25) is 0 Å². The highest BCUT2D eigenvalue weighted by molar-refractivity contribution is 9.10. The van der Waals surface area contributed by atoms with E-state index < -0.39 is 5.60 Å². The Balaban J connectivity index is 1.88. The highest BCUT2D eigenvalue weighted by Gasteiger charge is 2.28. The second-order valence-corrected chi connectivity index (χ2v) is 8.05. The zero-order valence-electron chi connectivity index (χ0n) is 14.7. The average Bonchev–Trinajstić information content (AvgIpc) is 3.01. The summed E-state index contributed by atoms with van der Waals surface area (Å²) < 4.78 is 8.43. The lowest BCUT2D eigenvalue weighted by molar-refractivity contribution is 0.0242. The molecule has 2 aromatic rings. The third-order valence-corrected chi connectivity index (χ3v) is 4.83. The van der Waals surface area contributed by atoms with E-state index in [-0.39, 0.29) is 6.09 Å². The number of aryl methyl sites for hydroxylation is 1. The van der Waals surface area contributed by atoms with Gasteiger partial charge in [-0.15, -0.1) is 0 Å². The molecule has 24 heavy (non-hydrogen) atoms. The Morgan fingerprint density at radius 1 is 1.25 bits per heavy atom. The molecule has 3 rings (SSSR count). The molecule has 1 aromatic heterocycles. The molecule has 0 aliphatic carbocycles. The Morgan fingerprint density at radius 3 is 2.42 bits per heavy atom. The molecule has 0 atom stereocenters. The monoisotopic (exact) mass is 391 g/mol. The van der Waals surface area contributed by atoms with Gasteiger partial charge in [-0.3, -0.25) is 4.90 Å². The number of hydrogen-bond donors (Lipinski definition) is 0.